The van der Waals surface area contributed by atoms with Gasteiger partial charge in [0.25, 0.3) is 0 Å². The Hall–Kier alpha value is -1.38. The van der Waals surface area contributed by atoms with Gasteiger partial charge in [0.05, 0.1) is 12.0 Å². The van der Waals surface area contributed by atoms with E-state index in [0.717, 1.165) is 17.9 Å². The minimum atomic E-state index is -1.05. The topological polar surface area (TPSA) is 113 Å². The molecular formula is C18H27N3O4S. The molecular weight excluding hydrogens is 354 g/mol. The number of ketones is 1. The highest BCUT2D eigenvalue weighted by atomic mass is 32.2. The molecule has 4 N–H and O–H groups in total. The zero-order valence-corrected chi connectivity index (χ0v) is 16.2. The number of rotatable bonds is 7. The highest BCUT2D eigenvalue weighted by Gasteiger charge is 2.60. The van der Waals surface area contributed by atoms with Gasteiger partial charge in [-0.15, -0.1) is 11.8 Å². The molecule has 2 saturated heterocycles. The smallest absolute Gasteiger partial charge is 0.353 e. The fraction of sp³-hybridized carbons (Fsp3) is 0.722. The zero-order chi connectivity index (χ0) is 19.2. The number of hydrogen-bond acceptors (Lipinski definition) is 6. The van der Waals surface area contributed by atoms with Crippen LogP contribution in [0.15, 0.2) is 10.6 Å². The summed E-state index contributed by atoms with van der Waals surface area (Å²) >= 11 is 1.58. The van der Waals surface area contributed by atoms with Gasteiger partial charge in [0, 0.05) is 41.6 Å². The van der Waals surface area contributed by atoms with Gasteiger partial charge in [-0.3, -0.25) is 4.79 Å². The number of hydrogen-bond donors (Lipinski definition) is 3. The standard InChI is InChI=1S/C18H27N3O4S/c1-8(4-9(2)22)13-14-10(3)16(15(18(24)25)21(14)17(13)23)26-12-5-11(6-19)20-7-12/h8,10-14,20H,4-7,19H2,1-3H3,(H,24,25)/t8-,10+,11-,12-,13+,14+/m0/s1. The number of carboxylic acid groups (broad SMARTS) is 1. The second-order valence-corrected chi connectivity index (χ2v) is 9.07. The Kier molecular flexibility index (Phi) is 5.46. The van der Waals surface area contributed by atoms with Crippen LogP contribution < -0.4 is 11.1 Å². The summed E-state index contributed by atoms with van der Waals surface area (Å²) in [5, 5.41) is 13.3. The maximum Gasteiger partial charge on any atom is 0.353 e. The number of carbonyl (C=O) groups is 3. The van der Waals surface area contributed by atoms with E-state index in [0.29, 0.717) is 13.0 Å². The lowest BCUT2D eigenvalue weighted by atomic mass is 9.73. The van der Waals surface area contributed by atoms with Crippen LogP contribution >= 0.6 is 11.8 Å². The van der Waals surface area contributed by atoms with E-state index in [9.17, 15) is 19.5 Å². The number of carbonyl (C=O) groups excluding carboxylic acids is 2. The second-order valence-electron chi connectivity index (χ2n) is 7.73. The third kappa shape index (κ3) is 3.18. The molecule has 0 aromatic carbocycles. The predicted molar refractivity (Wildman–Crippen MR) is 99.3 cm³/mol. The molecule has 3 heterocycles. The fourth-order valence-corrected chi connectivity index (χ4v) is 6.10. The Labute approximate surface area is 157 Å². The van der Waals surface area contributed by atoms with E-state index in [4.69, 9.17) is 5.73 Å². The van der Waals surface area contributed by atoms with Crippen LogP contribution in [0.1, 0.15) is 33.6 Å². The molecule has 144 valence electrons. The maximum absolute atomic E-state index is 12.7. The van der Waals surface area contributed by atoms with E-state index < -0.39 is 5.97 Å². The second kappa shape index (κ2) is 7.32. The number of nitrogens with two attached hydrogens (primary N) is 1. The van der Waals surface area contributed by atoms with E-state index in [1.54, 1.807) is 11.8 Å². The first kappa shape index (κ1) is 19.4. The number of aliphatic carboxylic acids is 1. The lowest BCUT2D eigenvalue weighted by Crippen LogP contribution is -2.62. The largest absolute Gasteiger partial charge is 0.477 e. The minimum Gasteiger partial charge on any atom is -0.477 e. The SMILES string of the molecule is CC(=O)C[C@H](C)[C@H]1C(=O)N2C(C(=O)O)=C(S[C@@H]3CN[C@H](CN)C3)[C@H](C)[C@H]12. The van der Waals surface area contributed by atoms with Crippen molar-refractivity contribution in [3.8, 4) is 0 Å². The van der Waals surface area contributed by atoms with Crippen LogP contribution in [0.4, 0.5) is 0 Å². The highest BCUT2D eigenvalue weighted by molar-refractivity contribution is 8.03. The molecule has 0 unspecified atom stereocenters. The maximum atomic E-state index is 12.7. The van der Waals surface area contributed by atoms with Crippen molar-refractivity contribution in [2.24, 2.45) is 23.5 Å². The molecule has 3 rings (SSSR count). The summed E-state index contributed by atoms with van der Waals surface area (Å²) in [4.78, 5) is 38.3. The fourth-order valence-electron chi connectivity index (χ4n) is 4.58. The Morgan fingerprint density at radius 3 is 2.69 bits per heavy atom. The summed E-state index contributed by atoms with van der Waals surface area (Å²) in [6.45, 7) is 6.79. The van der Waals surface area contributed by atoms with Crippen LogP contribution in [-0.4, -0.2) is 58.1 Å². The molecule has 0 bridgehead atoms. The number of carboxylic acids is 1. The van der Waals surface area contributed by atoms with E-state index >= 15 is 0 Å². The highest BCUT2D eigenvalue weighted by Crippen LogP contribution is 2.53. The number of fused-ring (bicyclic) bond motifs is 1. The van der Waals surface area contributed by atoms with Crippen molar-refractivity contribution < 1.29 is 19.5 Å². The van der Waals surface area contributed by atoms with Crippen molar-refractivity contribution >= 4 is 29.4 Å². The monoisotopic (exact) mass is 381 g/mol. The number of amides is 1. The molecule has 0 radical (unpaired) electrons. The number of nitrogens with one attached hydrogen (secondary N) is 1. The lowest BCUT2D eigenvalue weighted by Gasteiger charge is -2.47. The van der Waals surface area contributed by atoms with Crippen LogP contribution in [0.2, 0.25) is 0 Å². The molecule has 0 spiro atoms. The summed E-state index contributed by atoms with van der Waals surface area (Å²) in [6.07, 6.45) is 1.25. The molecule has 7 nitrogen and oxygen atoms in total. The van der Waals surface area contributed by atoms with E-state index in [-0.39, 0.29) is 52.5 Å². The first-order valence-electron chi connectivity index (χ1n) is 9.16. The predicted octanol–water partition coefficient (Wildman–Crippen LogP) is 0.797. The van der Waals surface area contributed by atoms with Gasteiger partial charge in [-0.05, 0) is 19.3 Å². The molecule has 8 heteroatoms. The molecule has 26 heavy (non-hydrogen) atoms. The summed E-state index contributed by atoms with van der Waals surface area (Å²) in [5.74, 6) is -1.53. The Balaban J connectivity index is 1.80. The summed E-state index contributed by atoms with van der Waals surface area (Å²) in [5.41, 5.74) is 5.85. The molecule has 6 atom stereocenters. The van der Waals surface area contributed by atoms with Crippen molar-refractivity contribution in [1.29, 1.82) is 0 Å². The van der Waals surface area contributed by atoms with E-state index in [1.807, 2.05) is 13.8 Å². The van der Waals surface area contributed by atoms with Crippen molar-refractivity contribution in [3.63, 3.8) is 0 Å². The van der Waals surface area contributed by atoms with Crippen molar-refractivity contribution in [1.82, 2.24) is 10.2 Å². The lowest BCUT2D eigenvalue weighted by molar-refractivity contribution is -0.160. The molecule has 3 aliphatic heterocycles. The first-order valence-corrected chi connectivity index (χ1v) is 10.0. The molecule has 1 amide bonds. The first-order chi connectivity index (χ1) is 12.3. The van der Waals surface area contributed by atoms with E-state index in [2.05, 4.69) is 5.32 Å². The third-order valence-corrected chi connectivity index (χ3v) is 7.29. The van der Waals surface area contributed by atoms with Crippen molar-refractivity contribution in [3.05, 3.63) is 10.6 Å². The van der Waals surface area contributed by atoms with Crippen LogP contribution in [0.3, 0.4) is 0 Å². The normalized spacial score (nSPS) is 34.7. The molecule has 0 saturated carbocycles. The van der Waals surface area contributed by atoms with Gasteiger partial charge in [0.15, 0.2) is 0 Å². The van der Waals surface area contributed by atoms with Gasteiger partial charge in [0.1, 0.15) is 11.5 Å². The molecule has 0 aliphatic carbocycles. The third-order valence-electron chi connectivity index (χ3n) is 5.77. The van der Waals surface area contributed by atoms with Gasteiger partial charge in [-0.1, -0.05) is 13.8 Å². The number of nitrogens with zero attached hydrogens (tertiary/aromatic N) is 1. The van der Waals surface area contributed by atoms with Crippen LogP contribution in [0.5, 0.6) is 0 Å². The van der Waals surface area contributed by atoms with Gasteiger partial charge < -0.3 is 25.9 Å². The molecule has 0 aromatic heterocycles. The van der Waals surface area contributed by atoms with Crippen LogP contribution in [-0.2, 0) is 14.4 Å². The minimum absolute atomic E-state index is 0.0277. The van der Waals surface area contributed by atoms with Crippen molar-refractivity contribution in [2.75, 3.05) is 13.1 Å². The Bertz CT molecular complexity index is 665. The summed E-state index contributed by atoms with van der Waals surface area (Å²) in [6, 6.07) is 0.116. The number of thioether (sulfide) groups is 1. The van der Waals surface area contributed by atoms with Crippen LogP contribution in [0.25, 0.3) is 0 Å². The van der Waals surface area contributed by atoms with Gasteiger partial charge >= 0.3 is 5.97 Å². The van der Waals surface area contributed by atoms with Crippen molar-refractivity contribution in [2.45, 2.75) is 50.9 Å². The molecule has 0 aromatic rings. The molecule has 3 aliphatic rings. The zero-order valence-electron chi connectivity index (χ0n) is 15.4. The van der Waals surface area contributed by atoms with Gasteiger partial charge in [0.2, 0.25) is 5.91 Å². The van der Waals surface area contributed by atoms with Crippen LogP contribution in [0, 0.1) is 17.8 Å². The number of β-lactam (4-membered cyclic amide) rings is 1. The van der Waals surface area contributed by atoms with Gasteiger partial charge in [-0.2, -0.15) is 0 Å². The average Bonchev–Trinajstić information content (AvgIpc) is 3.09. The molecule has 2 fully saturated rings. The quantitative estimate of drug-likeness (QED) is 0.559. The summed E-state index contributed by atoms with van der Waals surface area (Å²) in [7, 11) is 0. The Morgan fingerprint density at radius 2 is 2.15 bits per heavy atom. The Morgan fingerprint density at radius 1 is 1.46 bits per heavy atom. The average molecular weight is 381 g/mol. The van der Waals surface area contributed by atoms with Gasteiger partial charge in [-0.25, -0.2) is 4.79 Å². The summed E-state index contributed by atoms with van der Waals surface area (Å²) < 4.78 is 0. The number of Topliss-reactive ketones (excluding diaryl/α,β-unsaturated/α-hetero) is 1. The van der Waals surface area contributed by atoms with E-state index in [1.165, 1.54) is 11.8 Å².